The van der Waals surface area contributed by atoms with E-state index in [1.807, 2.05) is 19.0 Å². The molecule has 0 aromatic heterocycles. The molecule has 0 amide bonds. The predicted octanol–water partition coefficient (Wildman–Crippen LogP) is 0.124. The van der Waals surface area contributed by atoms with E-state index in [0.29, 0.717) is 12.1 Å². The van der Waals surface area contributed by atoms with E-state index < -0.39 is 15.8 Å². The van der Waals surface area contributed by atoms with Crippen LogP contribution in [0.4, 0.5) is 4.39 Å². The van der Waals surface area contributed by atoms with Crippen LogP contribution in [0.3, 0.4) is 0 Å². The van der Waals surface area contributed by atoms with Crippen LogP contribution in [-0.2, 0) is 16.6 Å². The van der Waals surface area contributed by atoms with Gasteiger partial charge in [-0.1, -0.05) is 6.07 Å². The molecule has 0 heterocycles. The van der Waals surface area contributed by atoms with E-state index in [-0.39, 0.29) is 18.0 Å². The molecule has 1 aromatic rings. The van der Waals surface area contributed by atoms with Gasteiger partial charge in [-0.15, -0.1) is 0 Å². The Kier molecular flexibility index (Phi) is 5.21. The standard InChI is InChI=1S/C11H18FN3O2S/c1-15(2)6-5-14-18(16,17)11-4-3-9(8-13)7-10(11)12/h3-4,7,14H,5-6,8,13H2,1-2H3. The minimum Gasteiger partial charge on any atom is -0.326 e. The number of hydrogen-bond donors (Lipinski definition) is 2. The molecule has 0 radical (unpaired) electrons. The van der Waals surface area contributed by atoms with Crippen molar-refractivity contribution in [3.05, 3.63) is 29.6 Å². The van der Waals surface area contributed by atoms with Crippen molar-refractivity contribution in [2.24, 2.45) is 5.73 Å². The Morgan fingerprint density at radius 3 is 2.56 bits per heavy atom. The largest absolute Gasteiger partial charge is 0.326 e. The third-order valence-corrected chi connectivity index (χ3v) is 3.87. The highest BCUT2D eigenvalue weighted by atomic mass is 32.2. The summed E-state index contributed by atoms with van der Waals surface area (Å²) in [5, 5.41) is 0. The van der Waals surface area contributed by atoms with E-state index in [9.17, 15) is 12.8 Å². The molecule has 1 aromatic carbocycles. The molecule has 0 atom stereocenters. The summed E-state index contributed by atoms with van der Waals surface area (Å²) < 4.78 is 39.6. The van der Waals surface area contributed by atoms with E-state index >= 15 is 0 Å². The first-order valence-electron chi connectivity index (χ1n) is 5.49. The Labute approximate surface area is 107 Å². The second kappa shape index (κ2) is 6.24. The van der Waals surface area contributed by atoms with E-state index in [2.05, 4.69) is 4.72 Å². The summed E-state index contributed by atoms with van der Waals surface area (Å²) in [6.07, 6.45) is 0. The Morgan fingerprint density at radius 1 is 1.39 bits per heavy atom. The van der Waals surface area contributed by atoms with Gasteiger partial charge in [-0.05, 0) is 31.8 Å². The Balaban J connectivity index is 2.85. The van der Waals surface area contributed by atoms with Gasteiger partial charge in [0.05, 0.1) is 0 Å². The number of nitrogens with two attached hydrogens (primary N) is 1. The molecule has 0 fully saturated rings. The summed E-state index contributed by atoms with van der Waals surface area (Å²) >= 11 is 0. The van der Waals surface area contributed by atoms with Gasteiger partial charge in [0.25, 0.3) is 0 Å². The van der Waals surface area contributed by atoms with Crippen molar-refractivity contribution in [1.29, 1.82) is 0 Å². The SMILES string of the molecule is CN(C)CCNS(=O)(=O)c1ccc(CN)cc1F. The molecule has 18 heavy (non-hydrogen) atoms. The molecule has 102 valence electrons. The maximum absolute atomic E-state index is 13.6. The number of nitrogens with zero attached hydrogens (tertiary/aromatic N) is 1. The molecular formula is C11H18FN3O2S. The average molecular weight is 275 g/mol. The maximum atomic E-state index is 13.6. The van der Waals surface area contributed by atoms with Gasteiger partial charge in [-0.25, -0.2) is 17.5 Å². The molecule has 0 saturated carbocycles. The summed E-state index contributed by atoms with van der Waals surface area (Å²) in [5.74, 6) is -0.782. The lowest BCUT2D eigenvalue weighted by molar-refractivity contribution is 0.412. The molecule has 3 N–H and O–H groups in total. The fourth-order valence-electron chi connectivity index (χ4n) is 1.37. The molecule has 0 saturated heterocycles. The summed E-state index contributed by atoms with van der Waals surface area (Å²) in [7, 11) is -0.155. The van der Waals surface area contributed by atoms with Crippen LogP contribution in [-0.4, -0.2) is 40.5 Å². The molecule has 1 rings (SSSR count). The second-order valence-corrected chi connectivity index (χ2v) is 5.91. The normalized spacial score (nSPS) is 12.1. The fourth-order valence-corrected chi connectivity index (χ4v) is 2.45. The van der Waals surface area contributed by atoms with Crippen LogP contribution in [0, 0.1) is 5.82 Å². The van der Waals surface area contributed by atoms with Crippen molar-refractivity contribution in [3.63, 3.8) is 0 Å². The van der Waals surface area contributed by atoms with Crippen molar-refractivity contribution in [2.45, 2.75) is 11.4 Å². The zero-order valence-electron chi connectivity index (χ0n) is 10.5. The highest BCUT2D eigenvalue weighted by Crippen LogP contribution is 2.15. The highest BCUT2D eigenvalue weighted by Gasteiger charge is 2.18. The van der Waals surface area contributed by atoms with Crippen LogP contribution in [0.25, 0.3) is 0 Å². The van der Waals surface area contributed by atoms with Crippen LogP contribution in [0.5, 0.6) is 0 Å². The summed E-state index contributed by atoms with van der Waals surface area (Å²) in [6.45, 7) is 0.945. The molecule has 0 bridgehead atoms. The first-order valence-corrected chi connectivity index (χ1v) is 6.98. The quantitative estimate of drug-likeness (QED) is 0.773. The van der Waals surface area contributed by atoms with Crippen molar-refractivity contribution < 1.29 is 12.8 Å². The Bertz CT molecular complexity index is 503. The fraction of sp³-hybridized carbons (Fsp3) is 0.455. The van der Waals surface area contributed by atoms with E-state index in [0.717, 1.165) is 6.07 Å². The van der Waals surface area contributed by atoms with Gasteiger partial charge in [0, 0.05) is 19.6 Å². The molecule has 0 unspecified atom stereocenters. The van der Waals surface area contributed by atoms with Crippen LogP contribution < -0.4 is 10.5 Å². The van der Waals surface area contributed by atoms with Crippen molar-refractivity contribution in [2.75, 3.05) is 27.2 Å². The minimum atomic E-state index is -3.80. The minimum absolute atomic E-state index is 0.172. The molecule has 0 aliphatic heterocycles. The second-order valence-electron chi connectivity index (χ2n) is 4.17. The summed E-state index contributed by atoms with van der Waals surface area (Å²) in [6, 6.07) is 3.87. The number of nitrogens with one attached hydrogen (secondary N) is 1. The molecule has 0 aliphatic carbocycles. The van der Waals surface area contributed by atoms with Gasteiger partial charge >= 0.3 is 0 Å². The van der Waals surface area contributed by atoms with Gasteiger partial charge in [-0.2, -0.15) is 0 Å². The lowest BCUT2D eigenvalue weighted by atomic mass is 10.2. The number of benzene rings is 1. The highest BCUT2D eigenvalue weighted by molar-refractivity contribution is 7.89. The number of halogens is 1. The van der Waals surface area contributed by atoms with E-state index in [1.165, 1.54) is 12.1 Å². The maximum Gasteiger partial charge on any atom is 0.243 e. The van der Waals surface area contributed by atoms with Gasteiger partial charge in [-0.3, -0.25) is 0 Å². The van der Waals surface area contributed by atoms with Crippen LogP contribution in [0.15, 0.2) is 23.1 Å². The molecular weight excluding hydrogens is 257 g/mol. The lowest BCUT2D eigenvalue weighted by Gasteiger charge is -2.11. The number of sulfonamides is 1. The van der Waals surface area contributed by atoms with Gasteiger partial charge in [0.1, 0.15) is 10.7 Å². The first kappa shape index (κ1) is 15.0. The van der Waals surface area contributed by atoms with E-state index in [1.54, 1.807) is 0 Å². The zero-order chi connectivity index (χ0) is 13.8. The third kappa shape index (κ3) is 4.02. The summed E-state index contributed by atoms with van der Waals surface area (Å²) in [5.41, 5.74) is 5.91. The zero-order valence-corrected chi connectivity index (χ0v) is 11.3. The van der Waals surface area contributed by atoms with Gasteiger partial charge in [0.2, 0.25) is 10.0 Å². The van der Waals surface area contributed by atoms with Crippen molar-refractivity contribution >= 4 is 10.0 Å². The number of rotatable bonds is 6. The van der Waals surface area contributed by atoms with Crippen LogP contribution >= 0.6 is 0 Å². The van der Waals surface area contributed by atoms with Gasteiger partial charge < -0.3 is 10.6 Å². The molecule has 5 nitrogen and oxygen atoms in total. The molecule has 7 heteroatoms. The molecule has 0 aliphatic rings. The van der Waals surface area contributed by atoms with Crippen molar-refractivity contribution in [3.8, 4) is 0 Å². The van der Waals surface area contributed by atoms with E-state index in [4.69, 9.17) is 5.73 Å². The number of hydrogen-bond acceptors (Lipinski definition) is 4. The lowest BCUT2D eigenvalue weighted by Crippen LogP contribution is -2.31. The average Bonchev–Trinajstić information content (AvgIpc) is 2.27. The summed E-state index contributed by atoms with van der Waals surface area (Å²) in [4.78, 5) is 1.48. The van der Waals surface area contributed by atoms with Gasteiger partial charge in [0.15, 0.2) is 0 Å². The van der Waals surface area contributed by atoms with Crippen LogP contribution in [0.1, 0.15) is 5.56 Å². The predicted molar refractivity (Wildman–Crippen MR) is 68.0 cm³/mol. The smallest absolute Gasteiger partial charge is 0.243 e. The number of likely N-dealkylation sites (N-methyl/N-ethyl adjacent to an activating group) is 1. The first-order chi connectivity index (χ1) is 8.36. The Hall–Kier alpha value is -1.02. The Morgan fingerprint density at radius 2 is 2.06 bits per heavy atom. The molecule has 0 spiro atoms. The monoisotopic (exact) mass is 275 g/mol. The topological polar surface area (TPSA) is 75.4 Å². The van der Waals surface area contributed by atoms with Crippen LogP contribution in [0.2, 0.25) is 0 Å². The third-order valence-electron chi connectivity index (χ3n) is 2.37. The van der Waals surface area contributed by atoms with Crippen molar-refractivity contribution in [1.82, 2.24) is 9.62 Å².